The zero-order valence-corrected chi connectivity index (χ0v) is 14.4. The zero-order valence-electron chi connectivity index (χ0n) is 13.5. The minimum Gasteiger partial charge on any atom is -0.507 e. The van der Waals surface area contributed by atoms with Crippen LogP contribution in [0.5, 0.6) is 5.75 Å². The molecule has 0 radical (unpaired) electrons. The molecule has 4 heteroatoms. The third kappa shape index (κ3) is 5.32. The molecule has 0 aliphatic rings. The lowest BCUT2D eigenvalue weighted by atomic mass is 10.0. The highest BCUT2D eigenvalue weighted by atomic mass is 32.2. The lowest BCUT2D eigenvalue weighted by molar-refractivity contribution is -0.143. The van der Waals surface area contributed by atoms with E-state index in [9.17, 15) is 9.90 Å². The van der Waals surface area contributed by atoms with Gasteiger partial charge in [-0.2, -0.15) is 0 Å². The second-order valence-electron chi connectivity index (χ2n) is 5.30. The van der Waals surface area contributed by atoms with Crippen LogP contribution >= 0.6 is 11.8 Å². The Labute approximate surface area is 141 Å². The molecule has 2 aromatic carbocycles. The van der Waals surface area contributed by atoms with E-state index in [2.05, 4.69) is 0 Å². The number of carbonyl (C=O) groups is 1. The smallest absolute Gasteiger partial charge is 0.305 e. The van der Waals surface area contributed by atoms with Crippen LogP contribution in [0.1, 0.15) is 25.3 Å². The molecule has 3 nitrogen and oxygen atoms in total. The van der Waals surface area contributed by atoms with Gasteiger partial charge in [-0.15, -0.1) is 11.8 Å². The summed E-state index contributed by atoms with van der Waals surface area (Å²) in [5.74, 6) is 1.05. The summed E-state index contributed by atoms with van der Waals surface area (Å²) in [6.45, 7) is 4.27. The Hall–Kier alpha value is -1.94. The number of esters is 1. The van der Waals surface area contributed by atoms with Gasteiger partial charge in [-0.1, -0.05) is 23.8 Å². The van der Waals surface area contributed by atoms with Crippen molar-refractivity contribution < 1.29 is 14.6 Å². The number of rotatable bonds is 7. The summed E-state index contributed by atoms with van der Waals surface area (Å²) < 4.78 is 4.91. The average Bonchev–Trinajstić information content (AvgIpc) is 2.55. The van der Waals surface area contributed by atoms with Crippen LogP contribution in [0.25, 0.3) is 11.1 Å². The molecule has 0 aliphatic carbocycles. The molecule has 0 aromatic heterocycles. The van der Waals surface area contributed by atoms with Crippen LogP contribution in [0.4, 0.5) is 0 Å². The molecular formula is C19H22O3S. The van der Waals surface area contributed by atoms with Gasteiger partial charge in [-0.25, -0.2) is 0 Å². The van der Waals surface area contributed by atoms with Crippen LogP contribution < -0.4 is 0 Å². The summed E-state index contributed by atoms with van der Waals surface area (Å²) in [7, 11) is 0. The van der Waals surface area contributed by atoms with Crippen molar-refractivity contribution in [3.05, 3.63) is 48.0 Å². The van der Waals surface area contributed by atoms with Crippen LogP contribution in [0.15, 0.2) is 47.4 Å². The predicted octanol–water partition coefficient (Wildman–Crippen LogP) is 4.80. The minimum absolute atomic E-state index is 0.127. The van der Waals surface area contributed by atoms with Gasteiger partial charge >= 0.3 is 5.97 Å². The first-order valence-corrected chi connectivity index (χ1v) is 8.77. The minimum atomic E-state index is -0.127. The maximum Gasteiger partial charge on any atom is 0.305 e. The summed E-state index contributed by atoms with van der Waals surface area (Å²) in [6, 6.07) is 13.7. The van der Waals surface area contributed by atoms with Gasteiger partial charge in [0.05, 0.1) is 6.61 Å². The standard InChI is InChI=1S/C19H22O3S/c1-3-22-19(21)5-4-12-23-16-9-7-15(8-10-16)17-13-14(2)6-11-18(17)20/h6-11,13,20H,3-5,12H2,1-2H3. The summed E-state index contributed by atoms with van der Waals surface area (Å²) in [4.78, 5) is 12.4. The second kappa shape index (κ2) is 8.63. The normalized spacial score (nSPS) is 10.5. The fraction of sp³-hybridized carbons (Fsp3) is 0.316. The first-order valence-electron chi connectivity index (χ1n) is 7.78. The van der Waals surface area contributed by atoms with Crippen LogP contribution in [-0.4, -0.2) is 23.4 Å². The lowest BCUT2D eigenvalue weighted by Gasteiger charge is -2.07. The van der Waals surface area contributed by atoms with Gasteiger partial charge < -0.3 is 9.84 Å². The number of hydrogen-bond acceptors (Lipinski definition) is 4. The van der Waals surface area contributed by atoms with E-state index in [0.29, 0.717) is 18.8 Å². The number of ether oxygens (including phenoxy) is 1. The van der Waals surface area contributed by atoms with Crippen LogP contribution in [-0.2, 0) is 9.53 Å². The van der Waals surface area contributed by atoms with Crippen molar-refractivity contribution in [3.8, 4) is 16.9 Å². The molecule has 0 bridgehead atoms. The highest BCUT2D eigenvalue weighted by Gasteiger charge is 2.05. The molecule has 0 saturated carbocycles. The van der Waals surface area contributed by atoms with E-state index in [-0.39, 0.29) is 5.97 Å². The third-order valence-corrected chi connectivity index (χ3v) is 4.51. The molecule has 2 aromatic rings. The Balaban J connectivity index is 1.90. The first kappa shape index (κ1) is 17.4. The van der Waals surface area contributed by atoms with Gasteiger partial charge in [0.25, 0.3) is 0 Å². The van der Waals surface area contributed by atoms with Gasteiger partial charge in [0.1, 0.15) is 5.75 Å². The number of thioether (sulfide) groups is 1. The Bertz CT molecular complexity index is 650. The molecule has 0 amide bonds. The van der Waals surface area contributed by atoms with E-state index in [1.54, 1.807) is 17.8 Å². The number of benzene rings is 2. The molecule has 23 heavy (non-hydrogen) atoms. The first-order chi connectivity index (χ1) is 11.1. The van der Waals surface area contributed by atoms with Crippen LogP contribution in [0.2, 0.25) is 0 Å². The summed E-state index contributed by atoms with van der Waals surface area (Å²) >= 11 is 1.72. The number of aromatic hydroxyl groups is 1. The lowest BCUT2D eigenvalue weighted by Crippen LogP contribution is -2.03. The van der Waals surface area contributed by atoms with E-state index in [0.717, 1.165) is 33.8 Å². The molecule has 2 rings (SSSR count). The van der Waals surface area contributed by atoms with E-state index in [1.165, 1.54) is 0 Å². The molecule has 0 unspecified atom stereocenters. The Kier molecular flexibility index (Phi) is 6.53. The number of phenols is 1. The number of phenolic OH excluding ortho intramolecular Hbond substituents is 1. The molecule has 0 atom stereocenters. The molecule has 0 saturated heterocycles. The number of aryl methyl sites for hydroxylation is 1. The molecule has 122 valence electrons. The van der Waals surface area contributed by atoms with E-state index >= 15 is 0 Å². The molecular weight excluding hydrogens is 308 g/mol. The van der Waals surface area contributed by atoms with Crippen molar-refractivity contribution in [2.24, 2.45) is 0 Å². The van der Waals surface area contributed by atoms with Crippen molar-refractivity contribution in [2.45, 2.75) is 31.6 Å². The topological polar surface area (TPSA) is 46.5 Å². The predicted molar refractivity (Wildman–Crippen MR) is 94.9 cm³/mol. The highest BCUT2D eigenvalue weighted by Crippen LogP contribution is 2.31. The monoisotopic (exact) mass is 330 g/mol. The maximum absolute atomic E-state index is 11.3. The van der Waals surface area contributed by atoms with E-state index < -0.39 is 0 Å². The van der Waals surface area contributed by atoms with Crippen molar-refractivity contribution in [3.63, 3.8) is 0 Å². The molecule has 1 N–H and O–H groups in total. The zero-order chi connectivity index (χ0) is 16.7. The summed E-state index contributed by atoms with van der Waals surface area (Å²) in [6.07, 6.45) is 1.28. The van der Waals surface area contributed by atoms with E-state index in [1.807, 2.05) is 50.2 Å². The Morgan fingerprint density at radius 2 is 1.91 bits per heavy atom. The molecule has 0 fully saturated rings. The molecule has 0 heterocycles. The fourth-order valence-electron chi connectivity index (χ4n) is 2.25. The van der Waals surface area contributed by atoms with Crippen LogP contribution in [0, 0.1) is 6.92 Å². The summed E-state index contributed by atoms with van der Waals surface area (Å²) in [5, 5.41) is 9.98. The average molecular weight is 330 g/mol. The van der Waals surface area contributed by atoms with Gasteiger partial charge in [0.15, 0.2) is 0 Å². The molecule has 0 spiro atoms. The quantitative estimate of drug-likeness (QED) is 0.450. The van der Waals surface area contributed by atoms with Crippen molar-refractivity contribution in [1.29, 1.82) is 0 Å². The second-order valence-corrected chi connectivity index (χ2v) is 6.47. The summed E-state index contributed by atoms with van der Waals surface area (Å²) in [5.41, 5.74) is 2.97. The Morgan fingerprint density at radius 3 is 2.61 bits per heavy atom. The van der Waals surface area contributed by atoms with Crippen LogP contribution in [0.3, 0.4) is 0 Å². The van der Waals surface area contributed by atoms with Gasteiger partial charge in [-0.3, -0.25) is 4.79 Å². The van der Waals surface area contributed by atoms with E-state index in [4.69, 9.17) is 4.74 Å². The Morgan fingerprint density at radius 1 is 1.17 bits per heavy atom. The van der Waals surface area contributed by atoms with Gasteiger partial charge in [0.2, 0.25) is 0 Å². The fourth-order valence-corrected chi connectivity index (χ4v) is 3.10. The number of hydrogen-bond donors (Lipinski definition) is 1. The van der Waals surface area contributed by atoms with Crippen molar-refractivity contribution >= 4 is 17.7 Å². The highest BCUT2D eigenvalue weighted by molar-refractivity contribution is 7.99. The van der Waals surface area contributed by atoms with Crippen molar-refractivity contribution in [1.82, 2.24) is 0 Å². The third-order valence-electron chi connectivity index (χ3n) is 3.42. The number of carbonyl (C=O) groups excluding carboxylic acids is 1. The SMILES string of the molecule is CCOC(=O)CCCSc1ccc(-c2cc(C)ccc2O)cc1. The maximum atomic E-state index is 11.3. The molecule has 0 aliphatic heterocycles. The van der Waals surface area contributed by atoms with Gasteiger partial charge in [-0.05, 0) is 55.9 Å². The largest absolute Gasteiger partial charge is 0.507 e. The van der Waals surface area contributed by atoms with Gasteiger partial charge in [0, 0.05) is 16.9 Å². The van der Waals surface area contributed by atoms with Crippen molar-refractivity contribution in [2.75, 3.05) is 12.4 Å².